The second kappa shape index (κ2) is 3.60. The molecule has 0 N–H and O–H groups in total. The zero-order chi connectivity index (χ0) is 10.9. The molecule has 1 aromatic carbocycles. The largest absolute Gasteiger partial charge is 0.344 e. The zero-order valence-corrected chi connectivity index (χ0v) is 8.30. The molecular formula is C10H11NO4. The van der Waals surface area contributed by atoms with Gasteiger partial charge in [0.05, 0.1) is 18.1 Å². The van der Waals surface area contributed by atoms with Crippen molar-refractivity contribution in [3.63, 3.8) is 0 Å². The van der Waals surface area contributed by atoms with E-state index in [0.29, 0.717) is 18.8 Å². The van der Waals surface area contributed by atoms with Gasteiger partial charge in [-0.05, 0) is 6.92 Å². The lowest BCUT2D eigenvalue weighted by Crippen LogP contribution is -2.22. The van der Waals surface area contributed by atoms with Crippen LogP contribution in [0.15, 0.2) is 24.3 Å². The molecule has 0 amide bonds. The normalized spacial score (nSPS) is 19.0. The third-order valence-corrected chi connectivity index (χ3v) is 2.42. The quantitative estimate of drug-likeness (QED) is 0.550. The molecule has 1 aromatic rings. The Hall–Kier alpha value is -1.46. The van der Waals surface area contributed by atoms with Crippen LogP contribution in [0.5, 0.6) is 0 Å². The molecule has 5 heteroatoms. The molecule has 0 spiro atoms. The lowest BCUT2D eigenvalue weighted by atomic mass is 10.1. The fourth-order valence-electron chi connectivity index (χ4n) is 1.58. The number of nitro benzene ring substituents is 1. The molecule has 15 heavy (non-hydrogen) atoms. The second-order valence-corrected chi connectivity index (χ2v) is 3.45. The van der Waals surface area contributed by atoms with Crippen molar-refractivity contribution >= 4 is 5.69 Å². The Kier molecular flexibility index (Phi) is 2.42. The number of nitro groups is 1. The number of non-ortho nitro benzene ring substituents is 1. The van der Waals surface area contributed by atoms with Crippen LogP contribution in [0.25, 0.3) is 0 Å². The molecule has 0 bridgehead atoms. The number of nitrogens with zero attached hydrogens (tertiary/aromatic N) is 1. The standard InChI is InChI=1S/C10H11NO4/c1-10(14-5-6-15-10)8-3-2-4-9(7-8)11(12)13/h2-4,7H,5-6H2,1H3. The topological polar surface area (TPSA) is 61.6 Å². The molecule has 2 rings (SSSR count). The van der Waals surface area contributed by atoms with Crippen LogP contribution < -0.4 is 0 Å². The van der Waals surface area contributed by atoms with Gasteiger partial charge in [-0.15, -0.1) is 0 Å². The van der Waals surface area contributed by atoms with E-state index in [0.717, 1.165) is 0 Å². The van der Waals surface area contributed by atoms with Gasteiger partial charge in [0.2, 0.25) is 0 Å². The van der Waals surface area contributed by atoms with E-state index < -0.39 is 10.7 Å². The van der Waals surface area contributed by atoms with E-state index in [2.05, 4.69) is 0 Å². The first-order valence-electron chi connectivity index (χ1n) is 4.65. The Balaban J connectivity index is 2.36. The SMILES string of the molecule is CC1(c2cccc([N+](=O)[O-])c2)OCCO1. The average Bonchev–Trinajstić information content (AvgIpc) is 2.67. The molecule has 1 aliphatic rings. The monoisotopic (exact) mass is 209 g/mol. The van der Waals surface area contributed by atoms with Gasteiger partial charge in [0, 0.05) is 17.7 Å². The number of benzene rings is 1. The molecule has 5 nitrogen and oxygen atoms in total. The molecule has 80 valence electrons. The summed E-state index contributed by atoms with van der Waals surface area (Å²) in [5.74, 6) is -0.841. The maximum atomic E-state index is 10.6. The molecule has 1 fully saturated rings. The van der Waals surface area contributed by atoms with Crippen molar-refractivity contribution in [3.05, 3.63) is 39.9 Å². The second-order valence-electron chi connectivity index (χ2n) is 3.45. The number of hydrogen-bond acceptors (Lipinski definition) is 4. The van der Waals surface area contributed by atoms with E-state index in [9.17, 15) is 10.1 Å². The van der Waals surface area contributed by atoms with Crippen LogP contribution in [0.4, 0.5) is 5.69 Å². The Bertz CT molecular complexity index is 385. The van der Waals surface area contributed by atoms with Crippen LogP contribution in [0, 0.1) is 10.1 Å². The Morgan fingerprint density at radius 3 is 2.67 bits per heavy atom. The first-order chi connectivity index (χ1) is 7.12. The highest BCUT2D eigenvalue weighted by Gasteiger charge is 2.33. The Labute approximate surface area is 86.8 Å². The van der Waals surface area contributed by atoms with Gasteiger partial charge < -0.3 is 9.47 Å². The van der Waals surface area contributed by atoms with Gasteiger partial charge in [-0.2, -0.15) is 0 Å². The molecule has 0 atom stereocenters. The molecule has 0 unspecified atom stereocenters. The molecule has 0 aliphatic carbocycles. The van der Waals surface area contributed by atoms with Crippen LogP contribution in [-0.2, 0) is 15.3 Å². The Morgan fingerprint density at radius 2 is 2.07 bits per heavy atom. The molecule has 0 saturated carbocycles. The van der Waals surface area contributed by atoms with Crippen LogP contribution in [0.2, 0.25) is 0 Å². The maximum Gasteiger partial charge on any atom is 0.269 e. The number of ether oxygens (including phenoxy) is 2. The highest BCUT2D eigenvalue weighted by Crippen LogP contribution is 2.32. The minimum atomic E-state index is -0.841. The van der Waals surface area contributed by atoms with Gasteiger partial charge in [0.15, 0.2) is 5.79 Å². The van der Waals surface area contributed by atoms with Crippen LogP contribution in [0.3, 0.4) is 0 Å². The molecule has 1 aliphatic heterocycles. The summed E-state index contributed by atoms with van der Waals surface area (Å²) in [6, 6.07) is 6.31. The van der Waals surface area contributed by atoms with E-state index in [1.807, 2.05) is 0 Å². The lowest BCUT2D eigenvalue weighted by Gasteiger charge is -2.22. The van der Waals surface area contributed by atoms with E-state index in [1.165, 1.54) is 12.1 Å². The average molecular weight is 209 g/mol. The maximum absolute atomic E-state index is 10.6. The number of hydrogen-bond donors (Lipinski definition) is 0. The summed E-state index contributed by atoms with van der Waals surface area (Å²) >= 11 is 0. The minimum absolute atomic E-state index is 0.0489. The van der Waals surface area contributed by atoms with E-state index in [1.54, 1.807) is 19.1 Å². The smallest absolute Gasteiger partial charge is 0.269 e. The van der Waals surface area contributed by atoms with Crippen molar-refractivity contribution in [2.75, 3.05) is 13.2 Å². The summed E-state index contributed by atoms with van der Waals surface area (Å²) in [6.07, 6.45) is 0. The van der Waals surface area contributed by atoms with E-state index >= 15 is 0 Å². The Morgan fingerprint density at radius 1 is 1.40 bits per heavy atom. The zero-order valence-electron chi connectivity index (χ0n) is 8.30. The van der Waals surface area contributed by atoms with E-state index in [4.69, 9.17) is 9.47 Å². The van der Waals surface area contributed by atoms with Crippen LogP contribution in [0.1, 0.15) is 12.5 Å². The molecular weight excluding hydrogens is 198 g/mol. The third kappa shape index (κ3) is 1.84. The summed E-state index contributed by atoms with van der Waals surface area (Å²) in [5.41, 5.74) is 0.724. The van der Waals surface area contributed by atoms with Crippen LogP contribution in [-0.4, -0.2) is 18.1 Å². The van der Waals surface area contributed by atoms with Crippen molar-refractivity contribution in [2.24, 2.45) is 0 Å². The summed E-state index contributed by atoms with van der Waals surface area (Å²) in [5, 5.41) is 10.6. The van der Waals surface area contributed by atoms with Crippen molar-refractivity contribution in [2.45, 2.75) is 12.7 Å². The fraction of sp³-hybridized carbons (Fsp3) is 0.400. The molecule has 0 radical (unpaired) electrons. The summed E-state index contributed by atoms with van der Waals surface area (Å²) in [6.45, 7) is 2.79. The van der Waals surface area contributed by atoms with Gasteiger partial charge >= 0.3 is 0 Å². The van der Waals surface area contributed by atoms with Crippen molar-refractivity contribution in [3.8, 4) is 0 Å². The van der Waals surface area contributed by atoms with Crippen molar-refractivity contribution in [1.82, 2.24) is 0 Å². The highest BCUT2D eigenvalue weighted by atomic mass is 16.7. The first kappa shape index (κ1) is 10.1. The fourth-order valence-corrected chi connectivity index (χ4v) is 1.58. The number of rotatable bonds is 2. The molecule has 1 heterocycles. The van der Waals surface area contributed by atoms with Gasteiger partial charge in [-0.3, -0.25) is 10.1 Å². The highest BCUT2D eigenvalue weighted by molar-refractivity contribution is 5.36. The summed E-state index contributed by atoms with van der Waals surface area (Å²) in [7, 11) is 0. The van der Waals surface area contributed by atoms with Crippen LogP contribution >= 0.6 is 0 Å². The minimum Gasteiger partial charge on any atom is -0.344 e. The van der Waals surface area contributed by atoms with Gasteiger partial charge in [-0.1, -0.05) is 12.1 Å². The third-order valence-electron chi connectivity index (χ3n) is 2.42. The van der Waals surface area contributed by atoms with Crippen molar-refractivity contribution in [1.29, 1.82) is 0 Å². The van der Waals surface area contributed by atoms with Crippen molar-refractivity contribution < 1.29 is 14.4 Å². The summed E-state index contributed by atoms with van der Waals surface area (Å²) < 4.78 is 10.8. The predicted octanol–water partition coefficient (Wildman–Crippen LogP) is 1.81. The predicted molar refractivity (Wildman–Crippen MR) is 52.4 cm³/mol. The molecule has 0 aromatic heterocycles. The van der Waals surface area contributed by atoms with Gasteiger partial charge in [-0.25, -0.2) is 0 Å². The van der Waals surface area contributed by atoms with Gasteiger partial charge in [0.25, 0.3) is 5.69 Å². The van der Waals surface area contributed by atoms with Gasteiger partial charge in [0.1, 0.15) is 0 Å². The first-order valence-corrected chi connectivity index (χ1v) is 4.65. The molecule has 1 saturated heterocycles. The van der Waals surface area contributed by atoms with E-state index in [-0.39, 0.29) is 5.69 Å². The lowest BCUT2D eigenvalue weighted by molar-refractivity contribution is -0.385. The summed E-state index contributed by atoms with van der Waals surface area (Å²) in [4.78, 5) is 10.2.